The number of likely N-dealkylation sites (tertiary alicyclic amines) is 1. The van der Waals surface area contributed by atoms with Crippen molar-refractivity contribution in [3.05, 3.63) is 0 Å². The molecule has 1 heterocycles. The van der Waals surface area contributed by atoms with Crippen LogP contribution in [0.4, 0.5) is 0 Å². The zero-order valence-electron chi connectivity index (χ0n) is 11.0. The lowest BCUT2D eigenvalue weighted by Gasteiger charge is -2.29. The van der Waals surface area contributed by atoms with E-state index in [2.05, 4.69) is 22.3 Å². The van der Waals surface area contributed by atoms with Gasteiger partial charge in [-0.3, -0.25) is 9.69 Å². The largest absolute Gasteiger partial charge is 0.411 e. The molecule has 2 N–H and O–H groups in total. The predicted octanol–water partition coefficient (Wildman–Crippen LogP) is 1.22. The Hall–Kier alpha value is -1.10. The maximum Gasteiger partial charge on any atom is 0.234 e. The number of hydrogen-bond acceptors (Lipinski definition) is 4. The van der Waals surface area contributed by atoms with Gasteiger partial charge in [-0.15, -0.1) is 0 Å². The summed E-state index contributed by atoms with van der Waals surface area (Å²) in [6.07, 6.45) is 2.42. The summed E-state index contributed by atoms with van der Waals surface area (Å²) in [4.78, 5) is 13.9. The van der Waals surface area contributed by atoms with Gasteiger partial charge in [0.2, 0.25) is 5.91 Å². The minimum absolute atomic E-state index is 0.0706. The first-order chi connectivity index (χ1) is 7.96. The van der Waals surface area contributed by atoms with E-state index in [0.717, 1.165) is 38.1 Å². The molecule has 1 amide bonds. The van der Waals surface area contributed by atoms with Crippen molar-refractivity contribution >= 4 is 11.6 Å². The molecule has 0 aromatic rings. The Morgan fingerprint density at radius 1 is 1.47 bits per heavy atom. The van der Waals surface area contributed by atoms with Crippen LogP contribution in [0.3, 0.4) is 0 Å². The third-order valence-corrected chi connectivity index (χ3v) is 3.30. The third kappa shape index (κ3) is 4.73. The predicted molar refractivity (Wildman–Crippen MR) is 67.4 cm³/mol. The van der Waals surface area contributed by atoms with Crippen LogP contribution in [-0.2, 0) is 4.79 Å². The Labute approximate surface area is 103 Å². The van der Waals surface area contributed by atoms with E-state index in [1.807, 2.05) is 13.8 Å². The maximum absolute atomic E-state index is 11.8. The molecule has 1 aliphatic heterocycles. The number of hydrogen-bond donors (Lipinski definition) is 2. The van der Waals surface area contributed by atoms with Crippen LogP contribution in [0, 0.1) is 0 Å². The first-order valence-electron chi connectivity index (χ1n) is 6.20. The van der Waals surface area contributed by atoms with E-state index >= 15 is 0 Å². The Morgan fingerprint density at radius 2 is 2.06 bits per heavy atom. The van der Waals surface area contributed by atoms with Crippen molar-refractivity contribution in [2.24, 2.45) is 5.16 Å². The average molecular weight is 241 g/mol. The lowest BCUT2D eigenvalue weighted by atomic mass is 10.0. The first kappa shape index (κ1) is 14.0. The SMILES string of the molecule is CCC(C)(C)NC(=O)CN1CCC(=NO)CC1. The molecule has 17 heavy (non-hydrogen) atoms. The fraction of sp³-hybridized carbons (Fsp3) is 0.833. The number of amides is 1. The van der Waals surface area contributed by atoms with Gasteiger partial charge in [0.15, 0.2) is 0 Å². The molecule has 0 spiro atoms. The van der Waals surface area contributed by atoms with Gasteiger partial charge < -0.3 is 10.5 Å². The number of carbonyl (C=O) groups is 1. The Kier molecular flexibility index (Phi) is 4.93. The van der Waals surface area contributed by atoms with E-state index in [1.54, 1.807) is 0 Å². The van der Waals surface area contributed by atoms with Gasteiger partial charge in [0.1, 0.15) is 0 Å². The van der Waals surface area contributed by atoms with Crippen molar-refractivity contribution in [3.63, 3.8) is 0 Å². The number of rotatable bonds is 4. The summed E-state index contributed by atoms with van der Waals surface area (Å²) in [7, 11) is 0. The molecule has 5 nitrogen and oxygen atoms in total. The van der Waals surface area contributed by atoms with E-state index in [9.17, 15) is 4.79 Å². The molecule has 0 bridgehead atoms. The van der Waals surface area contributed by atoms with Crippen LogP contribution in [0.1, 0.15) is 40.0 Å². The molecule has 1 saturated heterocycles. The molecule has 0 aromatic carbocycles. The summed E-state index contributed by atoms with van der Waals surface area (Å²) in [5.41, 5.74) is 0.695. The minimum atomic E-state index is -0.134. The fourth-order valence-electron chi connectivity index (χ4n) is 1.78. The van der Waals surface area contributed by atoms with E-state index in [1.165, 1.54) is 0 Å². The van der Waals surface area contributed by atoms with Crippen LogP contribution >= 0.6 is 0 Å². The highest BCUT2D eigenvalue weighted by Crippen LogP contribution is 2.09. The second kappa shape index (κ2) is 6.00. The summed E-state index contributed by atoms with van der Waals surface area (Å²) in [5.74, 6) is 0.0706. The standard InChI is InChI=1S/C12H23N3O2/c1-4-12(2,3)13-11(16)9-15-7-5-10(14-17)6-8-15/h17H,4-9H2,1-3H3,(H,13,16). The topological polar surface area (TPSA) is 64.9 Å². The van der Waals surface area contributed by atoms with Crippen molar-refractivity contribution in [3.8, 4) is 0 Å². The van der Waals surface area contributed by atoms with E-state index in [0.29, 0.717) is 6.54 Å². The highest BCUT2D eigenvalue weighted by Gasteiger charge is 2.21. The number of carbonyl (C=O) groups excluding carboxylic acids is 1. The van der Waals surface area contributed by atoms with Crippen LogP contribution in [0.2, 0.25) is 0 Å². The van der Waals surface area contributed by atoms with Gasteiger partial charge in [-0.25, -0.2) is 0 Å². The maximum atomic E-state index is 11.8. The molecule has 98 valence electrons. The van der Waals surface area contributed by atoms with Crippen molar-refractivity contribution in [1.29, 1.82) is 0 Å². The van der Waals surface area contributed by atoms with Crippen LogP contribution in [0.25, 0.3) is 0 Å². The van der Waals surface area contributed by atoms with Gasteiger partial charge >= 0.3 is 0 Å². The zero-order valence-corrected chi connectivity index (χ0v) is 11.0. The highest BCUT2D eigenvalue weighted by molar-refractivity contribution is 5.85. The molecule has 1 rings (SSSR count). The highest BCUT2D eigenvalue weighted by atomic mass is 16.4. The van der Waals surface area contributed by atoms with Gasteiger partial charge in [0.05, 0.1) is 12.3 Å². The van der Waals surface area contributed by atoms with E-state index < -0.39 is 0 Å². The lowest BCUT2D eigenvalue weighted by molar-refractivity contribution is -0.123. The third-order valence-electron chi connectivity index (χ3n) is 3.30. The van der Waals surface area contributed by atoms with Crippen molar-refractivity contribution in [2.75, 3.05) is 19.6 Å². The van der Waals surface area contributed by atoms with Gasteiger partial charge in [0, 0.05) is 31.5 Å². The molecule has 5 heteroatoms. The molecular formula is C12H23N3O2. The molecule has 0 aromatic heterocycles. The number of nitrogens with one attached hydrogen (secondary N) is 1. The second-order valence-electron chi connectivity index (χ2n) is 5.23. The first-order valence-corrected chi connectivity index (χ1v) is 6.20. The molecule has 0 radical (unpaired) electrons. The molecule has 1 aliphatic rings. The fourth-order valence-corrected chi connectivity index (χ4v) is 1.78. The van der Waals surface area contributed by atoms with Crippen LogP contribution < -0.4 is 5.32 Å². The van der Waals surface area contributed by atoms with Gasteiger partial charge in [-0.05, 0) is 20.3 Å². The zero-order chi connectivity index (χ0) is 12.9. The second-order valence-corrected chi connectivity index (χ2v) is 5.23. The summed E-state index contributed by atoms with van der Waals surface area (Å²) >= 11 is 0. The van der Waals surface area contributed by atoms with E-state index in [-0.39, 0.29) is 11.4 Å². The normalized spacial score (nSPS) is 17.9. The van der Waals surface area contributed by atoms with Crippen molar-refractivity contribution in [2.45, 2.75) is 45.6 Å². The van der Waals surface area contributed by atoms with Crippen molar-refractivity contribution < 1.29 is 10.0 Å². The van der Waals surface area contributed by atoms with E-state index in [4.69, 9.17) is 5.21 Å². The van der Waals surface area contributed by atoms with Crippen LogP contribution in [0.15, 0.2) is 5.16 Å². The Morgan fingerprint density at radius 3 is 2.53 bits per heavy atom. The quantitative estimate of drug-likeness (QED) is 0.574. The van der Waals surface area contributed by atoms with Crippen molar-refractivity contribution in [1.82, 2.24) is 10.2 Å². The number of oxime groups is 1. The number of nitrogens with zero attached hydrogens (tertiary/aromatic N) is 2. The minimum Gasteiger partial charge on any atom is -0.411 e. The molecule has 1 fully saturated rings. The van der Waals surface area contributed by atoms with Crippen LogP contribution in [0.5, 0.6) is 0 Å². The molecule has 0 atom stereocenters. The Bertz CT molecular complexity index is 290. The summed E-state index contributed by atoms with van der Waals surface area (Å²) in [6, 6.07) is 0. The van der Waals surface area contributed by atoms with Gasteiger partial charge in [-0.2, -0.15) is 0 Å². The summed E-state index contributed by atoms with van der Waals surface area (Å²) in [6.45, 7) is 8.13. The number of piperidine rings is 1. The molecule has 0 saturated carbocycles. The molecular weight excluding hydrogens is 218 g/mol. The molecule has 0 unspecified atom stereocenters. The summed E-state index contributed by atoms with van der Waals surface area (Å²) < 4.78 is 0. The summed E-state index contributed by atoms with van der Waals surface area (Å²) in [5, 5.41) is 14.9. The molecule has 0 aliphatic carbocycles. The smallest absolute Gasteiger partial charge is 0.234 e. The van der Waals surface area contributed by atoms with Gasteiger partial charge in [0.25, 0.3) is 0 Å². The monoisotopic (exact) mass is 241 g/mol. The van der Waals surface area contributed by atoms with Crippen LogP contribution in [-0.4, -0.2) is 46.9 Å². The lowest BCUT2D eigenvalue weighted by Crippen LogP contribution is -2.48. The average Bonchev–Trinajstić information content (AvgIpc) is 2.29. The Balaban J connectivity index is 2.33. The van der Waals surface area contributed by atoms with Gasteiger partial charge in [-0.1, -0.05) is 12.1 Å².